The Labute approximate surface area is 123 Å². The van der Waals surface area contributed by atoms with Gasteiger partial charge >= 0.3 is 0 Å². The SMILES string of the molecule is COc1ccc(C(=O)NN)cc1OCc1ccc(C)cc1. The van der Waals surface area contributed by atoms with E-state index in [9.17, 15) is 4.79 Å². The Morgan fingerprint density at radius 3 is 2.48 bits per heavy atom. The smallest absolute Gasteiger partial charge is 0.265 e. The lowest BCUT2D eigenvalue weighted by molar-refractivity contribution is 0.0953. The van der Waals surface area contributed by atoms with E-state index in [2.05, 4.69) is 5.43 Å². The number of nitrogens with one attached hydrogen (secondary N) is 1. The third kappa shape index (κ3) is 3.73. The number of rotatable bonds is 5. The van der Waals surface area contributed by atoms with E-state index in [4.69, 9.17) is 15.3 Å². The third-order valence-electron chi connectivity index (χ3n) is 3.07. The van der Waals surface area contributed by atoms with Crippen molar-refractivity contribution in [3.05, 3.63) is 59.2 Å². The molecule has 0 fully saturated rings. The van der Waals surface area contributed by atoms with Gasteiger partial charge in [0.15, 0.2) is 11.5 Å². The first-order valence-corrected chi connectivity index (χ1v) is 6.51. The monoisotopic (exact) mass is 286 g/mol. The van der Waals surface area contributed by atoms with Crippen molar-refractivity contribution in [3.8, 4) is 11.5 Å². The number of benzene rings is 2. The number of hydrazine groups is 1. The number of carbonyl (C=O) groups is 1. The topological polar surface area (TPSA) is 73.6 Å². The van der Waals surface area contributed by atoms with Gasteiger partial charge in [0.25, 0.3) is 5.91 Å². The fraction of sp³-hybridized carbons (Fsp3) is 0.188. The molecule has 0 saturated heterocycles. The average Bonchev–Trinajstić information content (AvgIpc) is 2.53. The molecule has 0 saturated carbocycles. The van der Waals surface area contributed by atoms with E-state index in [1.807, 2.05) is 31.2 Å². The molecule has 5 heteroatoms. The minimum atomic E-state index is -0.377. The number of amides is 1. The quantitative estimate of drug-likeness (QED) is 0.502. The molecule has 21 heavy (non-hydrogen) atoms. The van der Waals surface area contributed by atoms with Gasteiger partial charge in [0.1, 0.15) is 6.61 Å². The highest BCUT2D eigenvalue weighted by Gasteiger charge is 2.10. The van der Waals surface area contributed by atoms with E-state index in [-0.39, 0.29) is 5.91 Å². The van der Waals surface area contributed by atoms with Crippen molar-refractivity contribution >= 4 is 5.91 Å². The lowest BCUT2D eigenvalue weighted by Crippen LogP contribution is -2.29. The van der Waals surface area contributed by atoms with Gasteiger partial charge in [-0.2, -0.15) is 0 Å². The van der Waals surface area contributed by atoms with Gasteiger partial charge in [0.05, 0.1) is 7.11 Å². The van der Waals surface area contributed by atoms with Crippen LogP contribution in [0.4, 0.5) is 0 Å². The van der Waals surface area contributed by atoms with Crippen molar-refractivity contribution < 1.29 is 14.3 Å². The molecule has 2 aromatic carbocycles. The number of carbonyl (C=O) groups excluding carboxylic acids is 1. The average molecular weight is 286 g/mol. The van der Waals surface area contributed by atoms with Crippen LogP contribution in [0, 0.1) is 6.92 Å². The van der Waals surface area contributed by atoms with Gasteiger partial charge in [-0.3, -0.25) is 10.2 Å². The van der Waals surface area contributed by atoms with Crippen LogP contribution >= 0.6 is 0 Å². The second kappa shape index (κ2) is 6.76. The van der Waals surface area contributed by atoms with Gasteiger partial charge in [-0.15, -0.1) is 0 Å². The number of methoxy groups -OCH3 is 1. The first-order valence-electron chi connectivity index (χ1n) is 6.51. The molecule has 0 aromatic heterocycles. The fourth-order valence-corrected chi connectivity index (χ4v) is 1.86. The Morgan fingerprint density at radius 2 is 1.86 bits per heavy atom. The van der Waals surface area contributed by atoms with Crippen molar-refractivity contribution in [2.24, 2.45) is 5.84 Å². The first-order chi connectivity index (χ1) is 10.1. The van der Waals surface area contributed by atoms with E-state index < -0.39 is 0 Å². The molecule has 0 aliphatic heterocycles. The molecule has 0 aliphatic rings. The van der Waals surface area contributed by atoms with Crippen LogP contribution in [0.25, 0.3) is 0 Å². The number of aryl methyl sites for hydroxylation is 1. The van der Waals surface area contributed by atoms with E-state index in [1.54, 1.807) is 25.3 Å². The number of nitrogen functional groups attached to an aromatic ring is 1. The predicted octanol–water partition coefficient (Wildman–Crippen LogP) is 2.19. The zero-order chi connectivity index (χ0) is 15.2. The Balaban J connectivity index is 2.17. The molecule has 0 aliphatic carbocycles. The molecule has 1 amide bonds. The summed E-state index contributed by atoms with van der Waals surface area (Å²) < 4.78 is 11.0. The molecule has 3 N–H and O–H groups in total. The number of hydrogen-bond donors (Lipinski definition) is 2. The molecule has 0 bridgehead atoms. The highest BCUT2D eigenvalue weighted by atomic mass is 16.5. The normalized spacial score (nSPS) is 10.0. The van der Waals surface area contributed by atoms with Crippen molar-refractivity contribution in [1.29, 1.82) is 0 Å². The van der Waals surface area contributed by atoms with Crippen LogP contribution in [0.5, 0.6) is 11.5 Å². The number of hydrogen-bond acceptors (Lipinski definition) is 4. The second-order valence-corrected chi connectivity index (χ2v) is 4.61. The standard InChI is InChI=1S/C16H18N2O3/c1-11-3-5-12(6-4-11)10-21-15-9-13(16(19)18-17)7-8-14(15)20-2/h3-9H,10,17H2,1-2H3,(H,18,19). The van der Waals surface area contributed by atoms with Crippen LogP contribution in [0.1, 0.15) is 21.5 Å². The van der Waals surface area contributed by atoms with Crippen LogP contribution in [0.15, 0.2) is 42.5 Å². The Bertz CT molecular complexity index is 624. The molecule has 2 aromatic rings. The minimum absolute atomic E-state index is 0.377. The van der Waals surface area contributed by atoms with Gasteiger partial charge in [-0.25, -0.2) is 5.84 Å². The summed E-state index contributed by atoms with van der Waals surface area (Å²) in [6.45, 7) is 2.42. The largest absolute Gasteiger partial charge is 0.493 e. The molecule has 2 rings (SSSR count). The molecule has 0 unspecified atom stereocenters. The summed E-state index contributed by atoms with van der Waals surface area (Å²) in [4.78, 5) is 11.5. The van der Waals surface area contributed by atoms with Crippen molar-refractivity contribution in [2.45, 2.75) is 13.5 Å². The van der Waals surface area contributed by atoms with Crippen molar-refractivity contribution in [1.82, 2.24) is 5.43 Å². The first kappa shape index (κ1) is 14.9. The molecule has 110 valence electrons. The van der Waals surface area contributed by atoms with Crippen molar-refractivity contribution in [2.75, 3.05) is 7.11 Å². The minimum Gasteiger partial charge on any atom is -0.493 e. The summed E-state index contributed by atoms with van der Waals surface area (Å²) >= 11 is 0. The molecule has 5 nitrogen and oxygen atoms in total. The van der Waals surface area contributed by atoms with E-state index >= 15 is 0 Å². The van der Waals surface area contributed by atoms with E-state index in [0.29, 0.717) is 23.7 Å². The molecule has 0 atom stereocenters. The maximum atomic E-state index is 11.5. The molecule has 0 heterocycles. The maximum Gasteiger partial charge on any atom is 0.265 e. The van der Waals surface area contributed by atoms with Gasteiger partial charge in [-0.05, 0) is 30.7 Å². The Hall–Kier alpha value is -2.53. The molecule has 0 spiro atoms. The Morgan fingerprint density at radius 1 is 1.14 bits per heavy atom. The molecular formula is C16H18N2O3. The molecular weight excluding hydrogens is 268 g/mol. The zero-order valence-electron chi connectivity index (χ0n) is 12.1. The fourth-order valence-electron chi connectivity index (χ4n) is 1.86. The summed E-state index contributed by atoms with van der Waals surface area (Å²) in [6.07, 6.45) is 0. The Kier molecular flexibility index (Phi) is 4.79. The highest BCUT2D eigenvalue weighted by Crippen LogP contribution is 2.28. The lowest BCUT2D eigenvalue weighted by Gasteiger charge is -2.12. The summed E-state index contributed by atoms with van der Waals surface area (Å²) in [5.74, 6) is 5.82. The third-order valence-corrected chi connectivity index (χ3v) is 3.07. The maximum absolute atomic E-state index is 11.5. The van der Waals surface area contributed by atoms with Crippen LogP contribution in [-0.4, -0.2) is 13.0 Å². The number of ether oxygens (including phenoxy) is 2. The summed E-state index contributed by atoms with van der Waals surface area (Å²) in [5, 5.41) is 0. The second-order valence-electron chi connectivity index (χ2n) is 4.61. The van der Waals surface area contributed by atoms with Crippen LogP contribution in [-0.2, 0) is 6.61 Å². The van der Waals surface area contributed by atoms with Crippen LogP contribution in [0.3, 0.4) is 0 Å². The summed E-state index contributed by atoms with van der Waals surface area (Å²) in [6, 6.07) is 12.9. The number of nitrogens with two attached hydrogens (primary N) is 1. The van der Waals surface area contributed by atoms with E-state index in [1.165, 1.54) is 5.56 Å². The van der Waals surface area contributed by atoms with Crippen molar-refractivity contribution in [3.63, 3.8) is 0 Å². The predicted molar refractivity (Wildman–Crippen MR) is 80.2 cm³/mol. The van der Waals surface area contributed by atoms with Gasteiger partial charge in [0, 0.05) is 5.56 Å². The van der Waals surface area contributed by atoms with Gasteiger partial charge in [0.2, 0.25) is 0 Å². The van der Waals surface area contributed by atoms with E-state index in [0.717, 1.165) is 5.56 Å². The lowest BCUT2D eigenvalue weighted by atomic mass is 10.1. The van der Waals surface area contributed by atoms with Gasteiger partial charge < -0.3 is 9.47 Å². The molecule has 0 radical (unpaired) electrons. The zero-order valence-corrected chi connectivity index (χ0v) is 12.1. The van der Waals surface area contributed by atoms with Gasteiger partial charge in [-0.1, -0.05) is 29.8 Å². The van der Waals surface area contributed by atoms with Crippen LogP contribution < -0.4 is 20.7 Å². The van der Waals surface area contributed by atoms with Crippen LogP contribution in [0.2, 0.25) is 0 Å². The summed E-state index contributed by atoms with van der Waals surface area (Å²) in [5.41, 5.74) is 4.74. The summed E-state index contributed by atoms with van der Waals surface area (Å²) in [7, 11) is 1.55. The highest BCUT2D eigenvalue weighted by molar-refractivity contribution is 5.94.